The van der Waals surface area contributed by atoms with Crippen molar-refractivity contribution in [1.82, 2.24) is 9.62 Å². The number of nitrogens with zero attached hydrogens (tertiary/aromatic N) is 1. The molecular weight excluding hydrogens is 300 g/mol. The number of aryl methyl sites for hydroxylation is 1. The second kappa shape index (κ2) is 5.34. The van der Waals surface area contributed by atoms with E-state index in [4.69, 9.17) is 5.11 Å². The number of carboxylic acids is 1. The van der Waals surface area contributed by atoms with Crippen LogP contribution in [0.15, 0.2) is 17.0 Å². The third-order valence-electron chi connectivity index (χ3n) is 3.14. The van der Waals surface area contributed by atoms with E-state index in [9.17, 15) is 23.1 Å². The van der Waals surface area contributed by atoms with Crippen molar-refractivity contribution in [1.29, 1.82) is 0 Å². The highest BCUT2D eigenvalue weighted by Crippen LogP contribution is 2.27. The van der Waals surface area contributed by atoms with E-state index in [2.05, 4.69) is 5.32 Å². The molecule has 0 aromatic heterocycles. The zero-order chi connectivity index (χ0) is 15.8. The first-order valence-electron chi connectivity index (χ1n) is 6.07. The fourth-order valence-electron chi connectivity index (χ4n) is 2.08. The van der Waals surface area contributed by atoms with E-state index < -0.39 is 33.2 Å². The Kier molecular flexibility index (Phi) is 3.88. The highest BCUT2D eigenvalue weighted by atomic mass is 32.2. The molecule has 0 unspecified atom stereocenters. The molecule has 3 N–H and O–H groups in total. The Bertz CT molecular complexity index is 713. The largest absolute Gasteiger partial charge is 0.507 e. The van der Waals surface area contributed by atoms with E-state index in [-0.39, 0.29) is 30.1 Å². The SMILES string of the molecule is Cc1cc(O)c(C(=O)O)cc1S(=O)(=O)N1CCNC(=O)C1. The Labute approximate surface area is 121 Å². The molecule has 1 aromatic rings. The van der Waals surface area contributed by atoms with Crippen molar-refractivity contribution >= 4 is 21.9 Å². The van der Waals surface area contributed by atoms with E-state index >= 15 is 0 Å². The van der Waals surface area contributed by atoms with Crippen molar-refractivity contribution in [2.24, 2.45) is 0 Å². The zero-order valence-electron chi connectivity index (χ0n) is 11.2. The van der Waals surface area contributed by atoms with Gasteiger partial charge in [0, 0.05) is 13.1 Å². The summed E-state index contributed by atoms with van der Waals surface area (Å²) in [6.45, 7) is 1.44. The number of carbonyl (C=O) groups excluding carboxylic acids is 1. The predicted octanol–water partition coefficient (Wildman–Crippen LogP) is -0.481. The van der Waals surface area contributed by atoms with Crippen molar-refractivity contribution in [2.45, 2.75) is 11.8 Å². The minimum atomic E-state index is -4.00. The van der Waals surface area contributed by atoms with E-state index in [1.807, 2.05) is 0 Å². The summed E-state index contributed by atoms with van der Waals surface area (Å²) in [6.07, 6.45) is 0. The molecule has 8 nitrogen and oxygen atoms in total. The number of piperazine rings is 1. The number of amides is 1. The van der Waals surface area contributed by atoms with E-state index in [1.165, 1.54) is 6.92 Å². The molecule has 0 radical (unpaired) electrons. The minimum absolute atomic E-state index is 0.108. The Morgan fingerprint density at radius 3 is 2.62 bits per heavy atom. The number of carbonyl (C=O) groups is 2. The second-order valence-corrected chi connectivity index (χ2v) is 6.53. The van der Waals surface area contributed by atoms with Gasteiger partial charge in [-0.15, -0.1) is 0 Å². The number of sulfonamides is 1. The molecule has 1 aliphatic heterocycles. The van der Waals surface area contributed by atoms with Crippen LogP contribution in [0.2, 0.25) is 0 Å². The number of nitrogens with one attached hydrogen (secondary N) is 1. The summed E-state index contributed by atoms with van der Waals surface area (Å²) in [7, 11) is -4.00. The molecule has 1 saturated heterocycles. The monoisotopic (exact) mass is 314 g/mol. The van der Waals surface area contributed by atoms with Crippen LogP contribution in [0.1, 0.15) is 15.9 Å². The van der Waals surface area contributed by atoms with Gasteiger partial charge in [-0.05, 0) is 24.6 Å². The van der Waals surface area contributed by atoms with E-state index in [1.54, 1.807) is 0 Å². The van der Waals surface area contributed by atoms with Crippen LogP contribution in [0.5, 0.6) is 5.75 Å². The smallest absolute Gasteiger partial charge is 0.339 e. The first kappa shape index (κ1) is 15.3. The van der Waals surface area contributed by atoms with E-state index in [0.29, 0.717) is 0 Å². The van der Waals surface area contributed by atoms with Crippen molar-refractivity contribution in [2.75, 3.05) is 19.6 Å². The van der Waals surface area contributed by atoms with Gasteiger partial charge in [0.25, 0.3) is 0 Å². The molecule has 0 spiro atoms. The van der Waals surface area contributed by atoms with Crippen LogP contribution in [0.3, 0.4) is 0 Å². The first-order valence-corrected chi connectivity index (χ1v) is 7.51. The Hall–Kier alpha value is -2.13. The molecule has 1 amide bonds. The van der Waals surface area contributed by atoms with Crippen LogP contribution in [-0.2, 0) is 14.8 Å². The maximum absolute atomic E-state index is 12.5. The molecule has 1 heterocycles. The highest BCUT2D eigenvalue weighted by Gasteiger charge is 2.31. The molecular formula is C12H14N2O6S. The summed E-state index contributed by atoms with van der Waals surface area (Å²) < 4.78 is 26.0. The average Bonchev–Trinajstić information content (AvgIpc) is 2.37. The summed E-state index contributed by atoms with van der Waals surface area (Å²) in [5, 5.41) is 21.0. The van der Waals surface area contributed by atoms with Crippen molar-refractivity contribution in [3.63, 3.8) is 0 Å². The number of aromatic carboxylic acids is 1. The van der Waals surface area contributed by atoms with Gasteiger partial charge in [0.2, 0.25) is 15.9 Å². The standard InChI is InChI=1S/C12H14N2O6S/c1-7-4-9(15)8(12(17)18)5-10(7)21(19,20)14-3-2-13-11(16)6-14/h4-5,15H,2-3,6H2,1H3,(H,13,16)(H,17,18). The van der Waals surface area contributed by atoms with Gasteiger partial charge in [-0.2, -0.15) is 4.31 Å². The molecule has 1 aromatic carbocycles. The molecule has 114 valence electrons. The van der Waals surface area contributed by atoms with Crippen LogP contribution in [0.25, 0.3) is 0 Å². The van der Waals surface area contributed by atoms with Gasteiger partial charge in [-0.25, -0.2) is 13.2 Å². The van der Waals surface area contributed by atoms with Gasteiger partial charge in [0.15, 0.2) is 0 Å². The van der Waals surface area contributed by atoms with Gasteiger partial charge in [-0.1, -0.05) is 0 Å². The third kappa shape index (κ3) is 2.83. The Morgan fingerprint density at radius 1 is 1.38 bits per heavy atom. The van der Waals surface area contributed by atoms with Gasteiger partial charge in [-0.3, -0.25) is 4.79 Å². The number of hydrogen-bond acceptors (Lipinski definition) is 5. The number of rotatable bonds is 3. The number of aromatic hydroxyl groups is 1. The van der Waals surface area contributed by atoms with Crippen molar-refractivity contribution in [3.05, 3.63) is 23.3 Å². The minimum Gasteiger partial charge on any atom is -0.507 e. The topological polar surface area (TPSA) is 124 Å². The normalized spacial score (nSPS) is 16.5. The van der Waals surface area contributed by atoms with Crippen molar-refractivity contribution in [3.8, 4) is 5.75 Å². The fourth-order valence-corrected chi connectivity index (χ4v) is 3.71. The molecule has 1 fully saturated rings. The highest BCUT2D eigenvalue weighted by molar-refractivity contribution is 7.89. The predicted molar refractivity (Wildman–Crippen MR) is 71.6 cm³/mol. The van der Waals surface area contributed by atoms with Gasteiger partial charge in [0.1, 0.15) is 11.3 Å². The Balaban J connectivity index is 2.51. The van der Waals surface area contributed by atoms with Gasteiger partial charge in [0.05, 0.1) is 11.4 Å². The lowest BCUT2D eigenvalue weighted by Crippen LogP contribution is -2.49. The molecule has 0 bridgehead atoms. The molecule has 2 rings (SSSR count). The van der Waals surface area contributed by atoms with Gasteiger partial charge < -0.3 is 15.5 Å². The number of hydrogen-bond donors (Lipinski definition) is 3. The van der Waals surface area contributed by atoms with Crippen LogP contribution in [-0.4, -0.2) is 54.4 Å². The van der Waals surface area contributed by atoms with Crippen LogP contribution >= 0.6 is 0 Å². The maximum atomic E-state index is 12.5. The average molecular weight is 314 g/mol. The van der Waals surface area contributed by atoms with Crippen LogP contribution in [0, 0.1) is 6.92 Å². The molecule has 0 saturated carbocycles. The second-order valence-electron chi connectivity index (χ2n) is 4.63. The zero-order valence-corrected chi connectivity index (χ0v) is 12.0. The molecule has 1 aliphatic rings. The molecule has 0 atom stereocenters. The lowest BCUT2D eigenvalue weighted by atomic mass is 10.1. The van der Waals surface area contributed by atoms with Gasteiger partial charge >= 0.3 is 5.97 Å². The lowest BCUT2D eigenvalue weighted by Gasteiger charge is -2.26. The third-order valence-corrected chi connectivity index (χ3v) is 5.13. The van der Waals surface area contributed by atoms with Crippen LogP contribution < -0.4 is 5.32 Å². The molecule has 0 aliphatic carbocycles. The van der Waals surface area contributed by atoms with Crippen molar-refractivity contribution < 1.29 is 28.2 Å². The molecule has 21 heavy (non-hydrogen) atoms. The number of phenols is 1. The number of benzene rings is 1. The molecule has 9 heteroatoms. The summed E-state index contributed by atoms with van der Waals surface area (Å²) in [5.41, 5.74) is -0.288. The summed E-state index contributed by atoms with van der Waals surface area (Å²) in [4.78, 5) is 22.1. The van der Waals surface area contributed by atoms with E-state index in [0.717, 1.165) is 16.4 Å². The Morgan fingerprint density at radius 2 is 2.05 bits per heavy atom. The fraction of sp³-hybridized carbons (Fsp3) is 0.333. The maximum Gasteiger partial charge on any atom is 0.339 e. The number of carboxylic acid groups (broad SMARTS) is 1. The summed E-state index contributed by atoms with van der Waals surface area (Å²) in [6, 6.07) is 2.00. The first-order chi connectivity index (χ1) is 9.73. The quantitative estimate of drug-likeness (QED) is 0.692. The van der Waals surface area contributed by atoms with Crippen LogP contribution in [0.4, 0.5) is 0 Å². The summed E-state index contributed by atoms with van der Waals surface area (Å²) >= 11 is 0. The lowest BCUT2D eigenvalue weighted by molar-refractivity contribution is -0.122. The summed E-state index contributed by atoms with van der Waals surface area (Å²) in [5.74, 6) is -2.35.